The fraction of sp³-hybridized carbons (Fsp3) is 0.370. The molecule has 2 fully saturated rings. The molecule has 3 aliphatic rings. The number of amides is 1. The van der Waals surface area contributed by atoms with Gasteiger partial charge in [-0.3, -0.25) is 29.6 Å². The summed E-state index contributed by atoms with van der Waals surface area (Å²) in [5.41, 5.74) is 4.70. The molecule has 0 spiro atoms. The number of benzene rings is 3. The molecule has 0 saturated carbocycles. The molecule has 1 unspecified atom stereocenters. The number of fused-ring (bicyclic) bond motifs is 2. The number of allylic oxidation sites excluding steroid dienone is 1. The number of nitrogens with zero attached hydrogens (tertiary/aromatic N) is 6. The number of alkyl halides is 1. The molecule has 18 heteroatoms. The summed E-state index contributed by atoms with van der Waals surface area (Å²) in [5.74, 6) is -1.28. The Bertz CT molecular complexity index is 2900. The van der Waals surface area contributed by atoms with Gasteiger partial charge in [0.1, 0.15) is 12.1 Å². The lowest BCUT2D eigenvalue weighted by Crippen LogP contribution is -2.47. The van der Waals surface area contributed by atoms with E-state index in [2.05, 4.69) is 55.6 Å². The molecular formula is C46H48ClFN8O7S. The Kier molecular flexibility index (Phi) is 11.7. The van der Waals surface area contributed by atoms with Gasteiger partial charge in [-0.05, 0) is 103 Å². The molecule has 15 nitrogen and oxygen atoms in total. The molecule has 6 aromatic rings. The first-order valence-corrected chi connectivity index (χ1v) is 23.2. The average molecular weight is 911 g/mol. The average Bonchev–Trinajstić information content (AvgIpc) is 3.92. The first-order chi connectivity index (χ1) is 30.6. The summed E-state index contributed by atoms with van der Waals surface area (Å²) in [7, 11) is -4.68. The van der Waals surface area contributed by atoms with Gasteiger partial charge in [0.25, 0.3) is 15.9 Å². The molecule has 5 heterocycles. The van der Waals surface area contributed by atoms with Gasteiger partial charge in [-0.1, -0.05) is 43.2 Å². The number of hydrogen-bond donors (Lipinski definition) is 2. The summed E-state index contributed by atoms with van der Waals surface area (Å²) in [6.07, 6.45) is 7.12. The van der Waals surface area contributed by atoms with E-state index in [1.54, 1.807) is 29.2 Å². The van der Waals surface area contributed by atoms with E-state index in [9.17, 15) is 23.3 Å². The highest BCUT2D eigenvalue weighted by molar-refractivity contribution is 7.90. The van der Waals surface area contributed by atoms with Crippen LogP contribution in [0.25, 0.3) is 33.3 Å². The molecule has 64 heavy (non-hydrogen) atoms. The van der Waals surface area contributed by atoms with E-state index in [4.69, 9.17) is 21.1 Å². The third-order valence-electron chi connectivity index (χ3n) is 12.5. The smallest absolute Gasteiger partial charge is 0.312 e. The Morgan fingerprint density at radius 3 is 2.59 bits per heavy atom. The Morgan fingerprint density at radius 1 is 1.05 bits per heavy atom. The minimum atomic E-state index is -4.68. The molecule has 334 valence electrons. The molecule has 1 aliphatic carbocycles. The number of aromatic amines is 1. The van der Waals surface area contributed by atoms with Crippen molar-refractivity contribution in [1.82, 2.24) is 29.4 Å². The third kappa shape index (κ3) is 9.07. The number of anilines is 1. The topological polar surface area (TPSA) is 178 Å². The fourth-order valence-electron chi connectivity index (χ4n) is 8.91. The lowest BCUT2D eigenvalue weighted by Gasteiger charge is -2.39. The lowest BCUT2D eigenvalue weighted by molar-refractivity contribution is -0.386. The number of piperazine rings is 1. The van der Waals surface area contributed by atoms with Gasteiger partial charge in [-0.2, -0.15) is 0 Å². The number of halogens is 2. The molecule has 0 radical (unpaired) electrons. The quantitative estimate of drug-likeness (QED) is 0.0893. The van der Waals surface area contributed by atoms with Crippen LogP contribution in [0.5, 0.6) is 5.75 Å². The fourth-order valence-corrected chi connectivity index (χ4v) is 10.0. The largest absolute Gasteiger partial charge is 0.483 e. The monoisotopic (exact) mass is 910 g/mol. The number of pyridine rings is 1. The van der Waals surface area contributed by atoms with Gasteiger partial charge in [0.15, 0.2) is 17.1 Å². The van der Waals surface area contributed by atoms with Crippen molar-refractivity contribution in [3.8, 4) is 11.4 Å². The molecule has 2 N–H and O–H groups in total. The Hall–Kier alpha value is -5.88. The zero-order chi connectivity index (χ0) is 44.8. The van der Waals surface area contributed by atoms with E-state index in [0.29, 0.717) is 48.5 Å². The maximum Gasteiger partial charge on any atom is 0.312 e. The molecular weight excluding hydrogens is 863 g/mol. The van der Waals surface area contributed by atoms with Gasteiger partial charge in [0.05, 0.1) is 33.2 Å². The number of hydrogen-bond acceptors (Lipinski definition) is 11. The zero-order valence-electron chi connectivity index (χ0n) is 35.5. The van der Waals surface area contributed by atoms with Crippen LogP contribution in [0.2, 0.25) is 5.02 Å². The summed E-state index contributed by atoms with van der Waals surface area (Å²) in [5, 5.41) is 16.8. The van der Waals surface area contributed by atoms with Crippen LogP contribution in [0.15, 0.2) is 95.7 Å². The van der Waals surface area contributed by atoms with E-state index >= 15 is 4.39 Å². The second-order valence-corrected chi connectivity index (χ2v) is 19.8. The van der Waals surface area contributed by atoms with Crippen molar-refractivity contribution in [2.24, 2.45) is 5.41 Å². The molecule has 1 amide bonds. The van der Waals surface area contributed by atoms with Crippen LogP contribution >= 0.6 is 11.6 Å². The predicted octanol–water partition coefficient (Wildman–Crippen LogP) is 8.27. The number of nitro benzene ring substituents is 1. The van der Waals surface area contributed by atoms with E-state index in [1.165, 1.54) is 16.7 Å². The number of carbonyl (C=O) groups excluding carboxylic acids is 1. The van der Waals surface area contributed by atoms with Gasteiger partial charge >= 0.3 is 5.69 Å². The second kappa shape index (κ2) is 17.3. The van der Waals surface area contributed by atoms with E-state index in [0.717, 1.165) is 73.2 Å². The van der Waals surface area contributed by atoms with Crippen molar-refractivity contribution in [1.29, 1.82) is 0 Å². The van der Waals surface area contributed by atoms with Crippen LogP contribution in [-0.2, 0) is 14.8 Å². The van der Waals surface area contributed by atoms with Crippen molar-refractivity contribution in [3.63, 3.8) is 0 Å². The summed E-state index contributed by atoms with van der Waals surface area (Å²) in [4.78, 5) is 38.6. The number of carbonyl (C=O) groups is 1. The minimum absolute atomic E-state index is 0.0136. The highest BCUT2D eigenvalue weighted by Gasteiger charge is 2.35. The first-order valence-electron chi connectivity index (χ1n) is 21.3. The predicted molar refractivity (Wildman–Crippen MR) is 243 cm³/mol. The van der Waals surface area contributed by atoms with E-state index in [1.807, 2.05) is 30.3 Å². The summed E-state index contributed by atoms with van der Waals surface area (Å²) < 4.78 is 57.3. The van der Waals surface area contributed by atoms with Crippen molar-refractivity contribution in [2.75, 3.05) is 57.4 Å². The highest BCUT2D eigenvalue weighted by atomic mass is 35.5. The van der Waals surface area contributed by atoms with Gasteiger partial charge in [0, 0.05) is 73.9 Å². The zero-order valence-corrected chi connectivity index (χ0v) is 37.1. The molecule has 9 rings (SSSR count). The first kappa shape index (κ1) is 43.4. The molecule has 3 aromatic carbocycles. The number of H-pyrrole nitrogens is 1. The lowest BCUT2D eigenvalue weighted by atomic mass is 9.72. The number of rotatable bonds is 12. The number of sulfonamides is 1. The Balaban J connectivity index is 0.977. The number of aromatic nitrogens is 4. The normalized spacial score (nSPS) is 19.6. The standard InChI is InChI=1S/C46H48ClFN8O7S/c1-45(2)15-12-32(37(25-45)30-4-6-33(47)7-5-30)27-53-17-19-54(20-18-53)34-8-10-36(39(23-34)55-40-22-31-13-16-49-43(31)51-38(40)26-50-55)44(57)52-64(60,61)35-9-11-42(41(24-35)56(58)59)63-29-46(48)14-3-21-62-28-46/h4-11,13,16,22-24,26,50H,3,12,14-15,17-21,25,27-29H2,1-2H3,(H,52,57). The number of ether oxygens (including phenoxy) is 2. The Morgan fingerprint density at radius 2 is 1.84 bits per heavy atom. The van der Waals surface area contributed by atoms with Gasteiger partial charge in [0.2, 0.25) is 0 Å². The van der Waals surface area contributed by atoms with Crippen LogP contribution in [0, 0.1) is 15.5 Å². The third-order valence-corrected chi connectivity index (χ3v) is 14.1. The van der Waals surface area contributed by atoms with E-state index < -0.39 is 43.7 Å². The van der Waals surface area contributed by atoms with E-state index in [-0.39, 0.29) is 29.8 Å². The molecule has 1 atom stereocenters. The number of nitro groups is 1. The summed E-state index contributed by atoms with van der Waals surface area (Å²) in [6.45, 7) is 8.24. The summed E-state index contributed by atoms with van der Waals surface area (Å²) in [6, 6.07) is 20.0. The SMILES string of the molecule is CC1(C)CCC(CN2CCN(c3ccc(C(=O)NS(=O)(=O)c4ccc(OCC5(F)CCCOC5)c([N+](=O)[O-])c4)c(-n4[nH]cc5nc6nccc6cc54)c3)CC2)=C(c2ccc(Cl)cc2)C1. The van der Waals surface area contributed by atoms with Gasteiger partial charge in [-0.25, -0.2) is 27.5 Å². The second-order valence-electron chi connectivity index (χ2n) is 17.7. The van der Waals surface area contributed by atoms with Crippen molar-refractivity contribution < 1.29 is 32.0 Å². The molecule has 2 aliphatic heterocycles. The minimum Gasteiger partial charge on any atom is -0.483 e. The molecule has 3 aromatic heterocycles. The van der Waals surface area contributed by atoms with Crippen molar-refractivity contribution >= 4 is 66.5 Å². The van der Waals surface area contributed by atoms with Crippen LogP contribution in [0.3, 0.4) is 0 Å². The van der Waals surface area contributed by atoms with Gasteiger partial charge in [-0.15, -0.1) is 0 Å². The van der Waals surface area contributed by atoms with Gasteiger partial charge < -0.3 is 14.4 Å². The molecule has 2 saturated heterocycles. The summed E-state index contributed by atoms with van der Waals surface area (Å²) >= 11 is 6.25. The maximum atomic E-state index is 15.2. The Labute approximate surface area is 374 Å². The van der Waals surface area contributed by atoms with Crippen molar-refractivity contribution in [2.45, 2.75) is 56.5 Å². The number of nitrogens with one attached hydrogen (secondary N) is 2. The van der Waals surface area contributed by atoms with Crippen LogP contribution in [-0.4, -0.2) is 102 Å². The van der Waals surface area contributed by atoms with Crippen LogP contribution in [0.1, 0.15) is 61.9 Å². The van der Waals surface area contributed by atoms with Crippen LogP contribution in [0.4, 0.5) is 15.8 Å². The van der Waals surface area contributed by atoms with Crippen molar-refractivity contribution in [3.05, 3.63) is 117 Å². The highest BCUT2D eigenvalue weighted by Crippen LogP contribution is 2.43. The van der Waals surface area contributed by atoms with Crippen LogP contribution < -0.4 is 14.4 Å². The maximum absolute atomic E-state index is 15.2. The molecule has 0 bridgehead atoms.